The number of carboxylic acid groups (broad SMARTS) is 1. The maximum absolute atomic E-state index is 11.1. The second kappa shape index (κ2) is 5.78. The van der Waals surface area contributed by atoms with Crippen LogP contribution in [0, 0.1) is 10.1 Å². The number of hydrogen-bond donors (Lipinski definition) is 2. The van der Waals surface area contributed by atoms with E-state index in [1.165, 1.54) is 0 Å². The summed E-state index contributed by atoms with van der Waals surface area (Å²) in [7, 11) is 0. The van der Waals surface area contributed by atoms with E-state index >= 15 is 0 Å². The quantitative estimate of drug-likeness (QED) is 0.596. The predicted molar refractivity (Wildman–Crippen MR) is 68.6 cm³/mol. The molecule has 104 valence electrons. The van der Waals surface area contributed by atoms with Gasteiger partial charge in [0.2, 0.25) is 0 Å². The van der Waals surface area contributed by atoms with E-state index in [0.29, 0.717) is 13.1 Å². The number of aromatic carboxylic acids is 1. The zero-order valence-corrected chi connectivity index (χ0v) is 10.3. The molecule has 0 atom stereocenters. The summed E-state index contributed by atoms with van der Waals surface area (Å²) in [5.74, 6) is -1.17. The Labute approximate surface area is 113 Å². The molecule has 9 nitrogen and oxygen atoms in total. The highest BCUT2D eigenvalue weighted by Gasteiger charge is 2.17. The molecule has 0 aliphatic carbocycles. The molecule has 0 aromatic carbocycles. The Hall–Kier alpha value is -2.97. The minimum absolute atomic E-state index is 0.100. The summed E-state index contributed by atoms with van der Waals surface area (Å²) >= 11 is 0. The third kappa shape index (κ3) is 3.07. The number of hydrogen-bond acceptors (Lipinski definition) is 6. The number of rotatable bonds is 6. The van der Waals surface area contributed by atoms with E-state index in [2.05, 4.69) is 15.3 Å². The number of nitrogens with one attached hydrogen (secondary N) is 1. The number of aromatic nitrogens is 3. The summed E-state index contributed by atoms with van der Waals surface area (Å²) < 4.78 is 1.80. The monoisotopic (exact) mass is 277 g/mol. The third-order valence-corrected chi connectivity index (χ3v) is 2.54. The normalized spacial score (nSPS) is 10.2. The van der Waals surface area contributed by atoms with Crippen LogP contribution in [0.1, 0.15) is 10.4 Å². The van der Waals surface area contributed by atoms with Crippen LogP contribution in [-0.4, -0.2) is 37.1 Å². The largest absolute Gasteiger partial charge is 0.478 e. The van der Waals surface area contributed by atoms with Gasteiger partial charge in [-0.3, -0.25) is 10.1 Å². The van der Waals surface area contributed by atoms with Crippen LogP contribution < -0.4 is 5.32 Å². The van der Waals surface area contributed by atoms with Gasteiger partial charge in [0.25, 0.3) is 5.69 Å². The SMILES string of the molecule is O=C(O)c1cc([N+](=O)[O-])cnc1NCCn1ccnc1. The molecule has 2 heterocycles. The Morgan fingerprint density at radius 2 is 2.35 bits per heavy atom. The summed E-state index contributed by atoms with van der Waals surface area (Å²) in [5.41, 5.74) is -0.590. The molecule has 2 rings (SSSR count). The van der Waals surface area contributed by atoms with Gasteiger partial charge < -0.3 is 15.0 Å². The lowest BCUT2D eigenvalue weighted by molar-refractivity contribution is -0.385. The maximum Gasteiger partial charge on any atom is 0.339 e. The van der Waals surface area contributed by atoms with Crippen molar-refractivity contribution in [2.24, 2.45) is 0 Å². The van der Waals surface area contributed by atoms with Crippen molar-refractivity contribution in [1.82, 2.24) is 14.5 Å². The molecule has 0 radical (unpaired) electrons. The van der Waals surface area contributed by atoms with E-state index in [0.717, 1.165) is 12.3 Å². The Kier molecular flexibility index (Phi) is 3.89. The minimum Gasteiger partial charge on any atom is -0.478 e. The summed E-state index contributed by atoms with van der Waals surface area (Å²) in [6.07, 6.45) is 6.05. The molecule has 0 saturated carbocycles. The van der Waals surface area contributed by atoms with Crippen LogP contribution in [0.15, 0.2) is 31.0 Å². The molecule has 0 amide bonds. The van der Waals surface area contributed by atoms with Gasteiger partial charge in [-0.05, 0) is 0 Å². The van der Waals surface area contributed by atoms with Crippen LogP contribution in [0.25, 0.3) is 0 Å². The number of carbonyl (C=O) groups is 1. The maximum atomic E-state index is 11.1. The minimum atomic E-state index is -1.27. The second-order valence-corrected chi connectivity index (χ2v) is 3.88. The van der Waals surface area contributed by atoms with E-state index in [-0.39, 0.29) is 17.1 Å². The van der Waals surface area contributed by atoms with E-state index in [4.69, 9.17) is 5.11 Å². The standard InChI is InChI=1S/C11H11N5O4/c17-11(18)9-5-8(16(19)20)6-14-10(9)13-2-4-15-3-1-12-7-15/h1,3,5-7H,2,4H2,(H,13,14)(H,17,18). The highest BCUT2D eigenvalue weighted by atomic mass is 16.6. The molecule has 0 unspecified atom stereocenters. The molecular formula is C11H11N5O4. The zero-order valence-electron chi connectivity index (χ0n) is 10.3. The predicted octanol–water partition coefficient (Wildman–Crippen LogP) is 0.997. The lowest BCUT2D eigenvalue weighted by atomic mass is 10.2. The molecule has 0 spiro atoms. The smallest absolute Gasteiger partial charge is 0.339 e. The van der Waals surface area contributed by atoms with Crippen molar-refractivity contribution in [3.8, 4) is 0 Å². The van der Waals surface area contributed by atoms with E-state index in [1.54, 1.807) is 23.3 Å². The van der Waals surface area contributed by atoms with Gasteiger partial charge >= 0.3 is 5.97 Å². The molecule has 0 saturated heterocycles. The number of nitro groups is 1. The lowest BCUT2D eigenvalue weighted by Gasteiger charge is -2.08. The Morgan fingerprint density at radius 3 is 2.95 bits per heavy atom. The summed E-state index contributed by atoms with van der Waals surface area (Å²) in [6.45, 7) is 0.985. The Balaban J connectivity index is 2.10. The molecule has 0 fully saturated rings. The first-order valence-corrected chi connectivity index (χ1v) is 5.65. The summed E-state index contributed by atoms with van der Waals surface area (Å²) in [5, 5.41) is 22.5. The number of imidazole rings is 1. The van der Waals surface area contributed by atoms with Crippen molar-refractivity contribution in [3.63, 3.8) is 0 Å². The molecular weight excluding hydrogens is 266 g/mol. The number of pyridine rings is 1. The average molecular weight is 277 g/mol. The van der Waals surface area contributed by atoms with Crippen molar-refractivity contribution in [3.05, 3.63) is 46.7 Å². The van der Waals surface area contributed by atoms with Crippen LogP contribution in [0.3, 0.4) is 0 Å². The van der Waals surface area contributed by atoms with Crippen molar-refractivity contribution < 1.29 is 14.8 Å². The molecule has 0 aliphatic heterocycles. The van der Waals surface area contributed by atoms with Crippen molar-refractivity contribution >= 4 is 17.5 Å². The van der Waals surface area contributed by atoms with Crippen molar-refractivity contribution in [1.29, 1.82) is 0 Å². The highest BCUT2D eigenvalue weighted by molar-refractivity contribution is 5.93. The molecule has 9 heteroatoms. The van der Waals surface area contributed by atoms with Crippen molar-refractivity contribution in [2.45, 2.75) is 6.54 Å². The van der Waals surface area contributed by atoms with Crippen LogP contribution in [0.5, 0.6) is 0 Å². The third-order valence-electron chi connectivity index (χ3n) is 2.54. The van der Waals surface area contributed by atoms with E-state index in [9.17, 15) is 14.9 Å². The van der Waals surface area contributed by atoms with Crippen LogP contribution >= 0.6 is 0 Å². The molecule has 2 aromatic heterocycles. The van der Waals surface area contributed by atoms with Gasteiger partial charge in [-0.25, -0.2) is 14.8 Å². The van der Waals surface area contributed by atoms with Gasteiger partial charge in [0.1, 0.15) is 17.6 Å². The topological polar surface area (TPSA) is 123 Å². The van der Waals surface area contributed by atoms with Gasteiger partial charge in [0, 0.05) is 31.5 Å². The average Bonchev–Trinajstić information content (AvgIpc) is 2.91. The first-order valence-electron chi connectivity index (χ1n) is 5.65. The molecule has 2 aromatic rings. The van der Waals surface area contributed by atoms with Gasteiger partial charge in [0.15, 0.2) is 0 Å². The van der Waals surface area contributed by atoms with Gasteiger partial charge in [-0.15, -0.1) is 0 Å². The number of nitrogens with zero attached hydrogens (tertiary/aromatic N) is 4. The Bertz CT molecular complexity index is 626. The summed E-state index contributed by atoms with van der Waals surface area (Å²) in [6, 6.07) is 0.981. The molecule has 0 aliphatic rings. The fourth-order valence-electron chi connectivity index (χ4n) is 1.58. The lowest BCUT2D eigenvalue weighted by Crippen LogP contribution is -2.13. The fraction of sp³-hybridized carbons (Fsp3) is 0.182. The first-order chi connectivity index (χ1) is 9.58. The van der Waals surface area contributed by atoms with E-state index < -0.39 is 10.9 Å². The van der Waals surface area contributed by atoms with Gasteiger partial charge in [-0.2, -0.15) is 0 Å². The van der Waals surface area contributed by atoms with Gasteiger partial charge in [-0.1, -0.05) is 0 Å². The first kappa shape index (κ1) is 13.5. The fourth-order valence-corrected chi connectivity index (χ4v) is 1.58. The van der Waals surface area contributed by atoms with Crippen LogP contribution in [0.4, 0.5) is 11.5 Å². The van der Waals surface area contributed by atoms with Crippen LogP contribution in [-0.2, 0) is 6.54 Å². The second-order valence-electron chi connectivity index (χ2n) is 3.88. The van der Waals surface area contributed by atoms with Gasteiger partial charge in [0.05, 0.1) is 11.3 Å². The Morgan fingerprint density at radius 1 is 1.55 bits per heavy atom. The molecule has 20 heavy (non-hydrogen) atoms. The number of carboxylic acids is 1. The van der Waals surface area contributed by atoms with Crippen molar-refractivity contribution in [2.75, 3.05) is 11.9 Å². The molecule has 0 bridgehead atoms. The number of anilines is 1. The molecule has 2 N–H and O–H groups in total. The zero-order chi connectivity index (χ0) is 14.5. The van der Waals surface area contributed by atoms with E-state index in [1.807, 2.05) is 0 Å². The van der Waals surface area contributed by atoms with Crippen LogP contribution in [0.2, 0.25) is 0 Å². The highest BCUT2D eigenvalue weighted by Crippen LogP contribution is 2.18. The summed E-state index contributed by atoms with van der Waals surface area (Å²) in [4.78, 5) is 28.6.